The number of aryl methyl sites for hydroxylation is 2. The van der Waals surface area contributed by atoms with Crippen LogP contribution in [0, 0.1) is 19.8 Å². The van der Waals surface area contributed by atoms with Crippen LogP contribution >= 0.6 is 0 Å². The first-order chi connectivity index (χ1) is 9.32. The van der Waals surface area contributed by atoms with E-state index in [-0.39, 0.29) is 11.4 Å². The summed E-state index contributed by atoms with van der Waals surface area (Å²) in [5.41, 5.74) is 1.95. The Morgan fingerprint density at radius 1 is 1.30 bits per heavy atom. The Hall–Kier alpha value is -1.40. The molecule has 0 saturated carbocycles. The lowest BCUT2D eigenvalue weighted by Gasteiger charge is -2.30. The lowest BCUT2D eigenvalue weighted by molar-refractivity contribution is -0.142. The highest BCUT2D eigenvalue weighted by atomic mass is 32.2. The Bertz CT molecular complexity index is 624. The van der Waals surface area contributed by atoms with Gasteiger partial charge in [0.1, 0.15) is 0 Å². The zero-order chi connectivity index (χ0) is 14.9. The largest absolute Gasteiger partial charge is 0.481 e. The maximum atomic E-state index is 12.6. The summed E-state index contributed by atoms with van der Waals surface area (Å²) in [6.45, 7) is 4.24. The van der Waals surface area contributed by atoms with E-state index in [0.717, 1.165) is 11.1 Å². The van der Waals surface area contributed by atoms with Crippen molar-refractivity contribution in [1.29, 1.82) is 0 Å². The van der Waals surface area contributed by atoms with Crippen molar-refractivity contribution in [1.82, 2.24) is 4.31 Å². The molecule has 6 heteroatoms. The van der Waals surface area contributed by atoms with Crippen LogP contribution in [0.1, 0.15) is 24.0 Å². The van der Waals surface area contributed by atoms with Crippen molar-refractivity contribution >= 4 is 16.0 Å². The van der Waals surface area contributed by atoms with E-state index in [9.17, 15) is 13.2 Å². The molecule has 0 amide bonds. The first kappa shape index (κ1) is 15.0. The molecule has 20 heavy (non-hydrogen) atoms. The molecule has 110 valence electrons. The van der Waals surface area contributed by atoms with Crippen molar-refractivity contribution in [2.24, 2.45) is 5.92 Å². The molecule has 2 rings (SSSR count). The zero-order valence-corrected chi connectivity index (χ0v) is 12.5. The minimum Gasteiger partial charge on any atom is -0.481 e. The summed E-state index contributed by atoms with van der Waals surface area (Å²) in [6.07, 6.45) is 1.12. The molecule has 1 aromatic carbocycles. The average Bonchev–Trinajstić information content (AvgIpc) is 2.42. The van der Waals surface area contributed by atoms with Gasteiger partial charge in [0.05, 0.1) is 10.8 Å². The fraction of sp³-hybridized carbons (Fsp3) is 0.500. The Labute approximate surface area is 119 Å². The monoisotopic (exact) mass is 297 g/mol. The maximum absolute atomic E-state index is 12.6. The molecule has 1 N–H and O–H groups in total. The molecule has 1 aliphatic rings. The van der Waals surface area contributed by atoms with Gasteiger partial charge >= 0.3 is 5.97 Å². The number of hydrogen-bond donors (Lipinski definition) is 1. The van der Waals surface area contributed by atoms with Gasteiger partial charge in [0.25, 0.3) is 0 Å². The van der Waals surface area contributed by atoms with Gasteiger partial charge in [-0.1, -0.05) is 6.07 Å². The maximum Gasteiger partial charge on any atom is 0.307 e. The summed E-state index contributed by atoms with van der Waals surface area (Å²) in [6, 6.07) is 5.01. The highest BCUT2D eigenvalue weighted by molar-refractivity contribution is 7.89. The molecule has 0 aliphatic carbocycles. The van der Waals surface area contributed by atoms with Crippen molar-refractivity contribution < 1.29 is 18.3 Å². The van der Waals surface area contributed by atoms with Crippen LogP contribution in [0.15, 0.2) is 23.1 Å². The molecule has 0 spiro atoms. The second-order valence-electron chi connectivity index (χ2n) is 5.29. The summed E-state index contributed by atoms with van der Waals surface area (Å²) in [5, 5.41) is 9.05. The standard InChI is InChI=1S/C14H19NO4S/c1-10-5-6-13(8-11(10)2)20(18,19)15-7-3-4-12(9-15)14(16)17/h5-6,8,12H,3-4,7,9H2,1-2H3,(H,16,17)/t12-/m0/s1. The summed E-state index contributed by atoms with van der Waals surface area (Å²) in [7, 11) is -3.60. The molecule has 1 atom stereocenters. The Balaban J connectivity index is 2.29. The van der Waals surface area contributed by atoms with Crippen LogP contribution in [0.4, 0.5) is 0 Å². The molecule has 0 bridgehead atoms. The molecular formula is C14H19NO4S. The Morgan fingerprint density at radius 3 is 2.60 bits per heavy atom. The number of aliphatic carboxylic acids is 1. The molecule has 0 aromatic heterocycles. The van der Waals surface area contributed by atoms with Crippen LogP contribution in [-0.2, 0) is 14.8 Å². The number of carboxylic acid groups (broad SMARTS) is 1. The molecule has 0 radical (unpaired) electrons. The van der Waals surface area contributed by atoms with E-state index in [2.05, 4.69) is 0 Å². The van der Waals surface area contributed by atoms with Crippen molar-refractivity contribution in [2.45, 2.75) is 31.6 Å². The lowest BCUT2D eigenvalue weighted by atomic mass is 10.0. The van der Waals surface area contributed by atoms with Crippen molar-refractivity contribution in [2.75, 3.05) is 13.1 Å². The highest BCUT2D eigenvalue weighted by Crippen LogP contribution is 2.25. The van der Waals surface area contributed by atoms with Crippen LogP contribution in [0.2, 0.25) is 0 Å². The molecule has 1 aromatic rings. The summed E-state index contributed by atoms with van der Waals surface area (Å²) in [4.78, 5) is 11.3. The SMILES string of the molecule is Cc1ccc(S(=O)(=O)N2CCC[C@H](C(=O)O)C2)cc1C. The van der Waals surface area contributed by atoms with Gasteiger partial charge in [-0.25, -0.2) is 8.42 Å². The third kappa shape index (κ3) is 2.86. The smallest absolute Gasteiger partial charge is 0.307 e. The normalized spacial score (nSPS) is 20.8. The zero-order valence-electron chi connectivity index (χ0n) is 11.7. The molecule has 1 heterocycles. The minimum atomic E-state index is -3.60. The van der Waals surface area contributed by atoms with Gasteiger partial charge in [-0.05, 0) is 49.9 Å². The van der Waals surface area contributed by atoms with Crippen LogP contribution in [0.3, 0.4) is 0 Å². The van der Waals surface area contributed by atoms with E-state index in [1.54, 1.807) is 18.2 Å². The second-order valence-corrected chi connectivity index (χ2v) is 7.22. The van der Waals surface area contributed by atoms with Gasteiger partial charge in [0, 0.05) is 13.1 Å². The summed E-state index contributed by atoms with van der Waals surface area (Å²) < 4.78 is 26.4. The third-order valence-corrected chi connectivity index (χ3v) is 5.71. The molecular weight excluding hydrogens is 278 g/mol. The number of carboxylic acids is 1. The molecule has 5 nitrogen and oxygen atoms in total. The van der Waals surface area contributed by atoms with Crippen LogP contribution in [0.5, 0.6) is 0 Å². The third-order valence-electron chi connectivity index (χ3n) is 3.85. The van der Waals surface area contributed by atoms with E-state index in [1.165, 1.54) is 4.31 Å². The minimum absolute atomic E-state index is 0.0601. The van der Waals surface area contributed by atoms with Crippen LogP contribution < -0.4 is 0 Å². The van der Waals surface area contributed by atoms with Crippen molar-refractivity contribution in [3.05, 3.63) is 29.3 Å². The summed E-state index contributed by atoms with van der Waals surface area (Å²) in [5.74, 6) is -1.53. The number of piperidine rings is 1. The van der Waals surface area contributed by atoms with Gasteiger partial charge < -0.3 is 5.11 Å². The van der Waals surface area contributed by atoms with Gasteiger partial charge in [-0.15, -0.1) is 0 Å². The van der Waals surface area contributed by atoms with E-state index < -0.39 is 21.9 Å². The Morgan fingerprint density at radius 2 is 2.00 bits per heavy atom. The molecule has 1 aliphatic heterocycles. The molecule has 1 saturated heterocycles. The topological polar surface area (TPSA) is 74.7 Å². The number of carbonyl (C=O) groups is 1. The number of benzene rings is 1. The number of sulfonamides is 1. The van der Waals surface area contributed by atoms with E-state index in [0.29, 0.717) is 19.4 Å². The van der Waals surface area contributed by atoms with Gasteiger partial charge in [0.2, 0.25) is 10.0 Å². The number of rotatable bonds is 3. The van der Waals surface area contributed by atoms with E-state index in [1.807, 2.05) is 13.8 Å². The van der Waals surface area contributed by atoms with E-state index >= 15 is 0 Å². The van der Waals surface area contributed by atoms with Gasteiger partial charge in [-0.3, -0.25) is 4.79 Å². The molecule has 1 fully saturated rings. The first-order valence-corrected chi connectivity index (χ1v) is 8.06. The van der Waals surface area contributed by atoms with Crippen molar-refractivity contribution in [3.63, 3.8) is 0 Å². The van der Waals surface area contributed by atoms with Gasteiger partial charge in [0.15, 0.2) is 0 Å². The lowest BCUT2D eigenvalue weighted by Crippen LogP contribution is -2.42. The fourth-order valence-electron chi connectivity index (χ4n) is 2.39. The highest BCUT2D eigenvalue weighted by Gasteiger charge is 2.33. The average molecular weight is 297 g/mol. The van der Waals surface area contributed by atoms with Crippen LogP contribution in [-0.4, -0.2) is 36.9 Å². The predicted octanol–water partition coefficient (Wildman–Crippen LogP) is 1.79. The van der Waals surface area contributed by atoms with Crippen molar-refractivity contribution in [3.8, 4) is 0 Å². The number of hydrogen-bond acceptors (Lipinski definition) is 3. The Kier molecular flexibility index (Phi) is 4.15. The quantitative estimate of drug-likeness (QED) is 0.923. The van der Waals surface area contributed by atoms with E-state index in [4.69, 9.17) is 5.11 Å². The predicted molar refractivity (Wildman–Crippen MR) is 75.0 cm³/mol. The van der Waals surface area contributed by atoms with Crippen LogP contribution in [0.25, 0.3) is 0 Å². The second kappa shape index (κ2) is 5.54. The first-order valence-electron chi connectivity index (χ1n) is 6.62. The molecule has 0 unspecified atom stereocenters. The summed E-state index contributed by atoms with van der Waals surface area (Å²) >= 11 is 0. The number of nitrogens with zero attached hydrogens (tertiary/aromatic N) is 1. The fourth-order valence-corrected chi connectivity index (χ4v) is 4.00. The van der Waals surface area contributed by atoms with Gasteiger partial charge in [-0.2, -0.15) is 4.31 Å².